The van der Waals surface area contributed by atoms with Gasteiger partial charge in [0.15, 0.2) is 0 Å². The van der Waals surface area contributed by atoms with E-state index in [1.165, 1.54) is 4.88 Å². The van der Waals surface area contributed by atoms with Gasteiger partial charge in [-0.2, -0.15) is 0 Å². The second kappa shape index (κ2) is 4.93. The molecule has 1 saturated heterocycles. The summed E-state index contributed by atoms with van der Waals surface area (Å²) in [7, 11) is 2.13. The van der Waals surface area contributed by atoms with E-state index in [4.69, 9.17) is 10.5 Å². The van der Waals surface area contributed by atoms with Gasteiger partial charge in [-0.15, -0.1) is 11.3 Å². The standard InChI is InChI=1S/C10H15BrN2OS/c1-13-4-5-14-7(6-12)10(13)8-2-3-9(11)15-8/h2-3,7,10H,4-6,12H2,1H3. The van der Waals surface area contributed by atoms with Gasteiger partial charge in [0.1, 0.15) is 0 Å². The van der Waals surface area contributed by atoms with Gasteiger partial charge in [-0.05, 0) is 35.1 Å². The van der Waals surface area contributed by atoms with Gasteiger partial charge in [0.2, 0.25) is 0 Å². The number of halogens is 1. The van der Waals surface area contributed by atoms with Crippen LogP contribution in [0, 0.1) is 0 Å². The van der Waals surface area contributed by atoms with Crippen molar-refractivity contribution in [2.75, 3.05) is 26.7 Å². The first-order chi connectivity index (χ1) is 7.22. The first kappa shape index (κ1) is 11.5. The Morgan fingerprint density at radius 2 is 2.47 bits per heavy atom. The zero-order valence-corrected chi connectivity index (χ0v) is 11.1. The minimum absolute atomic E-state index is 0.120. The number of morpholine rings is 1. The van der Waals surface area contributed by atoms with Gasteiger partial charge < -0.3 is 10.5 Å². The van der Waals surface area contributed by atoms with Gasteiger partial charge in [-0.1, -0.05) is 0 Å². The minimum Gasteiger partial charge on any atom is -0.374 e. The van der Waals surface area contributed by atoms with E-state index in [1.807, 2.05) is 0 Å². The Balaban J connectivity index is 2.22. The zero-order chi connectivity index (χ0) is 10.8. The van der Waals surface area contributed by atoms with E-state index < -0.39 is 0 Å². The monoisotopic (exact) mass is 290 g/mol. The average Bonchev–Trinajstić information content (AvgIpc) is 2.64. The summed E-state index contributed by atoms with van der Waals surface area (Å²) in [5.41, 5.74) is 5.74. The van der Waals surface area contributed by atoms with Crippen LogP contribution < -0.4 is 5.73 Å². The van der Waals surface area contributed by atoms with Crippen LogP contribution in [0.1, 0.15) is 10.9 Å². The molecule has 1 aromatic heterocycles. The zero-order valence-electron chi connectivity index (χ0n) is 8.65. The van der Waals surface area contributed by atoms with Gasteiger partial charge in [0.25, 0.3) is 0 Å². The van der Waals surface area contributed by atoms with Crippen LogP contribution in [0.15, 0.2) is 15.9 Å². The molecular weight excluding hydrogens is 276 g/mol. The number of rotatable bonds is 2. The van der Waals surface area contributed by atoms with Gasteiger partial charge in [-0.3, -0.25) is 4.90 Å². The van der Waals surface area contributed by atoms with Crippen molar-refractivity contribution in [1.82, 2.24) is 4.90 Å². The summed E-state index contributed by atoms with van der Waals surface area (Å²) in [6.07, 6.45) is 0.120. The number of nitrogens with two attached hydrogens (primary N) is 1. The molecule has 0 aliphatic carbocycles. The molecule has 3 nitrogen and oxygen atoms in total. The fourth-order valence-electron chi connectivity index (χ4n) is 1.95. The largest absolute Gasteiger partial charge is 0.374 e. The van der Waals surface area contributed by atoms with Crippen molar-refractivity contribution in [1.29, 1.82) is 0 Å². The van der Waals surface area contributed by atoms with Crippen LogP contribution in [0.5, 0.6) is 0 Å². The molecule has 0 amide bonds. The molecule has 2 rings (SSSR count). The molecule has 0 radical (unpaired) electrons. The van der Waals surface area contributed by atoms with E-state index in [1.54, 1.807) is 11.3 Å². The first-order valence-electron chi connectivity index (χ1n) is 4.99. The van der Waals surface area contributed by atoms with Crippen molar-refractivity contribution in [2.45, 2.75) is 12.1 Å². The molecule has 84 valence electrons. The van der Waals surface area contributed by atoms with E-state index in [9.17, 15) is 0 Å². The Kier molecular flexibility index (Phi) is 3.79. The highest BCUT2D eigenvalue weighted by atomic mass is 79.9. The van der Waals surface area contributed by atoms with Crippen molar-refractivity contribution >= 4 is 27.3 Å². The highest BCUT2D eigenvalue weighted by Gasteiger charge is 2.31. The van der Waals surface area contributed by atoms with E-state index in [0.29, 0.717) is 12.6 Å². The third-order valence-corrected chi connectivity index (χ3v) is 4.42. The lowest BCUT2D eigenvalue weighted by molar-refractivity contribution is -0.0564. The summed E-state index contributed by atoms with van der Waals surface area (Å²) >= 11 is 5.25. The predicted octanol–water partition coefficient (Wildman–Crippen LogP) is 1.84. The smallest absolute Gasteiger partial charge is 0.0902 e. The molecule has 2 heterocycles. The summed E-state index contributed by atoms with van der Waals surface area (Å²) in [4.78, 5) is 3.64. The molecule has 1 aromatic rings. The minimum atomic E-state index is 0.120. The van der Waals surface area contributed by atoms with Crippen LogP contribution in [0.4, 0.5) is 0 Å². The highest BCUT2D eigenvalue weighted by Crippen LogP contribution is 2.34. The van der Waals surface area contributed by atoms with Gasteiger partial charge in [0.05, 0.1) is 22.5 Å². The molecule has 2 atom stereocenters. The number of hydrogen-bond donors (Lipinski definition) is 1. The van der Waals surface area contributed by atoms with Crippen LogP contribution in [-0.2, 0) is 4.74 Å². The molecule has 15 heavy (non-hydrogen) atoms. The molecular formula is C10H15BrN2OS. The molecule has 0 saturated carbocycles. The van der Waals surface area contributed by atoms with Crippen molar-refractivity contribution in [3.63, 3.8) is 0 Å². The summed E-state index contributed by atoms with van der Waals surface area (Å²) in [5.74, 6) is 0. The van der Waals surface area contributed by atoms with E-state index in [2.05, 4.69) is 40.0 Å². The van der Waals surface area contributed by atoms with Crippen LogP contribution in [0.25, 0.3) is 0 Å². The molecule has 0 spiro atoms. The van der Waals surface area contributed by atoms with Crippen LogP contribution in [0.2, 0.25) is 0 Å². The Hall–Kier alpha value is 0.0600. The summed E-state index contributed by atoms with van der Waals surface area (Å²) in [5, 5.41) is 0. The maximum absolute atomic E-state index is 5.74. The molecule has 2 N–H and O–H groups in total. The molecule has 5 heteroatoms. The Morgan fingerprint density at radius 3 is 3.07 bits per heavy atom. The second-order valence-electron chi connectivity index (χ2n) is 3.71. The second-order valence-corrected chi connectivity index (χ2v) is 6.21. The Morgan fingerprint density at radius 1 is 1.67 bits per heavy atom. The van der Waals surface area contributed by atoms with E-state index in [0.717, 1.165) is 16.9 Å². The lowest BCUT2D eigenvalue weighted by Crippen LogP contribution is -2.46. The molecule has 1 aliphatic heterocycles. The lowest BCUT2D eigenvalue weighted by atomic mass is 10.1. The third kappa shape index (κ3) is 2.42. The predicted molar refractivity (Wildman–Crippen MR) is 66.2 cm³/mol. The summed E-state index contributed by atoms with van der Waals surface area (Å²) in [6.45, 7) is 2.32. The van der Waals surface area contributed by atoms with Crippen molar-refractivity contribution in [3.8, 4) is 0 Å². The van der Waals surface area contributed by atoms with Crippen molar-refractivity contribution in [2.24, 2.45) is 5.73 Å². The normalized spacial score (nSPS) is 28.2. The fraction of sp³-hybridized carbons (Fsp3) is 0.600. The molecule has 0 bridgehead atoms. The molecule has 1 fully saturated rings. The SMILES string of the molecule is CN1CCOC(CN)C1c1ccc(Br)s1. The lowest BCUT2D eigenvalue weighted by Gasteiger charge is -2.38. The van der Waals surface area contributed by atoms with Gasteiger partial charge >= 0.3 is 0 Å². The number of nitrogens with zero attached hydrogens (tertiary/aromatic N) is 1. The topological polar surface area (TPSA) is 38.5 Å². The van der Waals surface area contributed by atoms with E-state index in [-0.39, 0.29) is 6.10 Å². The Bertz CT molecular complexity index is 331. The molecule has 0 aromatic carbocycles. The number of thiophene rings is 1. The average molecular weight is 291 g/mol. The maximum atomic E-state index is 5.74. The number of ether oxygens (including phenoxy) is 1. The maximum Gasteiger partial charge on any atom is 0.0902 e. The third-order valence-electron chi connectivity index (χ3n) is 2.72. The number of hydrogen-bond acceptors (Lipinski definition) is 4. The fourth-order valence-corrected chi connectivity index (χ4v) is 3.59. The summed E-state index contributed by atoms with van der Waals surface area (Å²) in [6, 6.07) is 4.53. The van der Waals surface area contributed by atoms with Crippen molar-refractivity contribution < 1.29 is 4.74 Å². The number of likely N-dealkylation sites (N-methyl/N-ethyl adjacent to an activating group) is 1. The highest BCUT2D eigenvalue weighted by molar-refractivity contribution is 9.11. The summed E-state index contributed by atoms with van der Waals surface area (Å²) < 4.78 is 6.86. The van der Waals surface area contributed by atoms with E-state index >= 15 is 0 Å². The van der Waals surface area contributed by atoms with Gasteiger partial charge in [0, 0.05) is 18.0 Å². The van der Waals surface area contributed by atoms with Crippen LogP contribution in [0.3, 0.4) is 0 Å². The Labute approximate surface area is 102 Å². The van der Waals surface area contributed by atoms with Crippen molar-refractivity contribution in [3.05, 3.63) is 20.8 Å². The quantitative estimate of drug-likeness (QED) is 0.903. The molecule has 2 unspecified atom stereocenters. The van der Waals surface area contributed by atoms with Crippen LogP contribution >= 0.6 is 27.3 Å². The molecule has 1 aliphatic rings. The van der Waals surface area contributed by atoms with Crippen LogP contribution in [-0.4, -0.2) is 37.7 Å². The first-order valence-corrected chi connectivity index (χ1v) is 6.60. The van der Waals surface area contributed by atoms with Gasteiger partial charge in [-0.25, -0.2) is 0 Å².